The van der Waals surface area contributed by atoms with E-state index in [9.17, 15) is 4.39 Å². The summed E-state index contributed by atoms with van der Waals surface area (Å²) in [6, 6.07) is 12.2. The minimum absolute atomic E-state index is 0.0420. The molecule has 0 saturated carbocycles. The summed E-state index contributed by atoms with van der Waals surface area (Å²) in [6.45, 7) is 3.94. The van der Waals surface area contributed by atoms with Gasteiger partial charge in [-0.1, -0.05) is 49.2 Å². The molecule has 0 aromatic heterocycles. The van der Waals surface area contributed by atoms with Gasteiger partial charge in [0.25, 0.3) is 0 Å². The predicted molar refractivity (Wildman–Crippen MR) is 92.8 cm³/mol. The molecular formula is C19H20ClFN2. The van der Waals surface area contributed by atoms with Crippen molar-refractivity contribution in [1.29, 1.82) is 5.26 Å². The van der Waals surface area contributed by atoms with Crippen molar-refractivity contribution < 1.29 is 4.39 Å². The van der Waals surface area contributed by atoms with Crippen molar-refractivity contribution in [2.75, 3.05) is 13.6 Å². The van der Waals surface area contributed by atoms with Gasteiger partial charge >= 0.3 is 0 Å². The Balaban J connectivity index is 2.29. The van der Waals surface area contributed by atoms with E-state index in [1.54, 1.807) is 6.07 Å². The Kier molecular flexibility index (Phi) is 6.15. The minimum atomic E-state index is -0.522. The van der Waals surface area contributed by atoms with Crippen molar-refractivity contribution in [3.05, 3.63) is 58.4 Å². The lowest BCUT2D eigenvalue weighted by molar-refractivity contribution is 0.321. The van der Waals surface area contributed by atoms with Gasteiger partial charge in [-0.05, 0) is 43.3 Å². The number of nitriles is 1. The van der Waals surface area contributed by atoms with E-state index in [2.05, 4.69) is 18.9 Å². The average Bonchev–Trinajstić information content (AvgIpc) is 2.55. The topological polar surface area (TPSA) is 27.0 Å². The maximum Gasteiger partial charge on any atom is 0.141 e. The number of nitrogens with zero attached hydrogens (tertiary/aromatic N) is 2. The van der Waals surface area contributed by atoms with Crippen LogP contribution in [0.2, 0.25) is 5.02 Å². The first-order valence-corrected chi connectivity index (χ1v) is 8.10. The van der Waals surface area contributed by atoms with Gasteiger partial charge in [-0.2, -0.15) is 5.26 Å². The van der Waals surface area contributed by atoms with E-state index in [0.717, 1.165) is 37.1 Å². The molecule has 0 aliphatic heterocycles. The highest BCUT2D eigenvalue weighted by molar-refractivity contribution is 6.34. The van der Waals surface area contributed by atoms with Crippen LogP contribution in [0.5, 0.6) is 0 Å². The van der Waals surface area contributed by atoms with Crippen molar-refractivity contribution in [2.24, 2.45) is 0 Å². The molecule has 0 saturated heterocycles. The summed E-state index contributed by atoms with van der Waals surface area (Å²) in [5.41, 5.74) is 2.54. The minimum Gasteiger partial charge on any atom is -0.302 e. The number of halogens is 2. The molecule has 0 bridgehead atoms. The first-order chi connectivity index (χ1) is 11.1. The molecule has 0 radical (unpaired) electrons. The molecule has 2 aromatic carbocycles. The number of rotatable bonds is 6. The van der Waals surface area contributed by atoms with E-state index in [1.165, 1.54) is 12.1 Å². The van der Waals surface area contributed by atoms with Crippen LogP contribution < -0.4 is 0 Å². The molecule has 0 fully saturated rings. The van der Waals surface area contributed by atoms with Crippen LogP contribution in [0.15, 0.2) is 36.4 Å². The highest BCUT2D eigenvalue weighted by Crippen LogP contribution is 2.32. The third-order valence-electron chi connectivity index (χ3n) is 3.81. The van der Waals surface area contributed by atoms with Gasteiger partial charge in [0.15, 0.2) is 0 Å². The number of hydrogen-bond acceptors (Lipinski definition) is 2. The fourth-order valence-electron chi connectivity index (χ4n) is 2.50. The van der Waals surface area contributed by atoms with E-state index < -0.39 is 5.82 Å². The van der Waals surface area contributed by atoms with Crippen LogP contribution in [0.1, 0.15) is 30.9 Å². The molecule has 0 spiro atoms. The van der Waals surface area contributed by atoms with Crippen LogP contribution in [0.4, 0.5) is 4.39 Å². The summed E-state index contributed by atoms with van der Waals surface area (Å²) in [4.78, 5) is 2.23. The summed E-state index contributed by atoms with van der Waals surface area (Å²) < 4.78 is 13.8. The molecule has 0 amide bonds. The Morgan fingerprint density at radius 3 is 2.70 bits per heavy atom. The summed E-state index contributed by atoms with van der Waals surface area (Å²) in [5.74, 6) is -0.522. The molecule has 2 nitrogen and oxygen atoms in total. The Labute approximate surface area is 142 Å². The smallest absolute Gasteiger partial charge is 0.141 e. The molecule has 2 aromatic rings. The van der Waals surface area contributed by atoms with Gasteiger partial charge in [0.05, 0.1) is 10.6 Å². The second-order valence-corrected chi connectivity index (χ2v) is 6.05. The second-order valence-electron chi connectivity index (χ2n) is 5.68. The maximum atomic E-state index is 13.8. The standard InChI is InChI=1S/C19H20ClFN2/c1-3-4-10-23(2)13-16-6-5-7-17(19(16)20)14-8-9-15(12-22)18(21)11-14/h5-9,11H,3-4,10,13H2,1-2H3. The molecule has 2 rings (SSSR count). The van der Waals surface area contributed by atoms with Crippen molar-refractivity contribution >= 4 is 11.6 Å². The molecule has 23 heavy (non-hydrogen) atoms. The van der Waals surface area contributed by atoms with Crippen LogP contribution in [0.25, 0.3) is 11.1 Å². The van der Waals surface area contributed by atoms with E-state index in [4.69, 9.17) is 16.9 Å². The normalized spacial score (nSPS) is 10.8. The monoisotopic (exact) mass is 330 g/mol. The lowest BCUT2D eigenvalue weighted by Gasteiger charge is -2.18. The third-order valence-corrected chi connectivity index (χ3v) is 4.26. The Morgan fingerprint density at radius 1 is 1.26 bits per heavy atom. The fourth-order valence-corrected chi connectivity index (χ4v) is 2.79. The number of unbranched alkanes of at least 4 members (excludes halogenated alkanes) is 1. The van der Waals surface area contributed by atoms with Crippen molar-refractivity contribution in [3.63, 3.8) is 0 Å². The van der Waals surface area contributed by atoms with Gasteiger partial charge in [0, 0.05) is 12.1 Å². The summed E-state index contributed by atoms with van der Waals surface area (Å²) in [7, 11) is 2.07. The molecule has 0 aliphatic rings. The first-order valence-electron chi connectivity index (χ1n) is 7.72. The van der Waals surface area contributed by atoms with E-state index in [0.29, 0.717) is 10.6 Å². The van der Waals surface area contributed by atoms with Gasteiger partial charge in [0.2, 0.25) is 0 Å². The highest BCUT2D eigenvalue weighted by Gasteiger charge is 2.12. The van der Waals surface area contributed by atoms with Gasteiger partial charge in [0.1, 0.15) is 11.9 Å². The Bertz CT molecular complexity index is 722. The summed E-state index contributed by atoms with van der Waals surface area (Å²) in [5, 5.41) is 9.47. The van der Waals surface area contributed by atoms with Crippen LogP contribution >= 0.6 is 11.6 Å². The van der Waals surface area contributed by atoms with Crippen molar-refractivity contribution in [2.45, 2.75) is 26.3 Å². The molecular weight excluding hydrogens is 311 g/mol. The number of hydrogen-bond donors (Lipinski definition) is 0. The second kappa shape index (κ2) is 8.10. The van der Waals surface area contributed by atoms with Crippen molar-refractivity contribution in [3.8, 4) is 17.2 Å². The van der Waals surface area contributed by atoms with Gasteiger partial charge in [-0.3, -0.25) is 0 Å². The van der Waals surface area contributed by atoms with E-state index in [-0.39, 0.29) is 5.56 Å². The summed E-state index contributed by atoms with van der Waals surface area (Å²) in [6.07, 6.45) is 2.30. The quantitative estimate of drug-likeness (QED) is 0.723. The largest absolute Gasteiger partial charge is 0.302 e. The van der Waals surface area contributed by atoms with Crippen LogP contribution in [0, 0.1) is 17.1 Å². The van der Waals surface area contributed by atoms with Crippen LogP contribution in [-0.4, -0.2) is 18.5 Å². The SMILES string of the molecule is CCCCN(C)Cc1cccc(-c2ccc(C#N)c(F)c2)c1Cl. The highest BCUT2D eigenvalue weighted by atomic mass is 35.5. The van der Waals surface area contributed by atoms with Gasteiger partial charge in [-0.15, -0.1) is 0 Å². The molecule has 120 valence electrons. The van der Waals surface area contributed by atoms with E-state index >= 15 is 0 Å². The molecule has 0 atom stereocenters. The average molecular weight is 331 g/mol. The Hall–Kier alpha value is -1.89. The zero-order valence-electron chi connectivity index (χ0n) is 13.4. The maximum absolute atomic E-state index is 13.8. The van der Waals surface area contributed by atoms with Gasteiger partial charge < -0.3 is 4.90 Å². The first kappa shape index (κ1) is 17.5. The zero-order valence-corrected chi connectivity index (χ0v) is 14.2. The fraction of sp³-hybridized carbons (Fsp3) is 0.316. The predicted octanol–water partition coefficient (Wildman–Crippen LogP) is 5.25. The van der Waals surface area contributed by atoms with E-state index in [1.807, 2.05) is 24.3 Å². The third kappa shape index (κ3) is 4.31. The molecule has 0 unspecified atom stereocenters. The van der Waals surface area contributed by atoms with Crippen LogP contribution in [0.3, 0.4) is 0 Å². The number of benzene rings is 2. The Morgan fingerprint density at radius 2 is 2.04 bits per heavy atom. The van der Waals surface area contributed by atoms with Crippen molar-refractivity contribution in [1.82, 2.24) is 4.90 Å². The molecule has 0 heterocycles. The zero-order chi connectivity index (χ0) is 16.8. The van der Waals surface area contributed by atoms with Gasteiger partial charge in [-0.25, -0.2) is 4.39 Å². The molecule has 0 aliphatic carbocycles. The molecule has 0 N–H and O–H groups in total. The summed E-state index contributed by atoms with van der Waals surface area (Å²) >= 11 is 6.53. The lowest BCUT2D eigenvalue weighted by Crippen LogP contribution is -2.19. The van der Waals surface area contributed by atoms with Crippen LogP contribution in [-0.2, 0) is 6.54 Å². The lowest BCUT2D eigenvalue weighted by atomic mass is 10.0. The molecule has 4 heteroatoms.